The average Bonchev–Trinajstić information content (AvgIpc) is 2.97. The summed E-state index contributed by atoms with van der Waals surface area (Å²) in [7, 11) is 0. The van der Waals surface area contributed by atoms with Gasteiger partial charge in [0, 0.05) is 11.1 Å². The van der Waals surface area contributed by atoms with Gasteiger partial charge in [-0.05, 0) is 37.4 Å². The molecule has 6 heteroatoms. The summed E-state index contributed by atoms with van der Waals surface area (Å²) in [6, 6.07) is 3.42. The Kier molecular flexibility index (Phi) is 4.83. The molecule has 0 spiro atoms. The highest BCUT2D eigenvalue weighted by atomic mass is 127. The van der Waals surface area contributed by atoms with Crippen LogP contribution < -0.4 is 10.6 Å². The van der Waals surface area contributed by atoms with Gasteiger partial charge in [0.2, 0.25) is 0 Å². The second kappa shape index (κ2) is 6.18. The lowest BCUT2D eigenvalue weighted by molar-refractivity contribution is 0.384. The Bertz CT molecular complexity index is 406. The third kappa shape index (κ3) is 2.96. The highest BCUT2D eigenvalue weighted by molar-refractivity contribution is 14.0. The number of aromatic nitrogens is 1. The van der Waals surface area contributed by atoms with E-state index in [-0.39, 0.29) is 30.0 Å². The number of fused-ring (bicyclic) bond motifs is 1. The number of hydrogen-bond acceptors (Lipinski definition) is 5. The van der Waals surface area contributed by atoms with Crippen molar-refractivity contribution in [1.82, 2.24) is 15.0 Å². The predicted octanol–water partition coefficient (Wildman–Crippen LogP) is 2.68. The lowest BCUT2D eigenvalue weighted by Gasteiger charge is -2.23. The molecule has 1 saturated carbocycles. The Morgan fingerprint density at radius 3 is 3.00 bits per heavy atom. The number of hydrogen-bond donors (Lipinski definition) is 2. The van der Waals surface area contributed by atoms with E-state index in [1.54, 1.807) is 11.5 Å². The average molecular weight is 378 g/mol. The SMILES string of the molecule is CC(NC1=N[C@H]2CCCC[C@@H]2N1)c1ccns1.I. The van der Waals surface area contributed by atoms with Gasteiger partial charge in [0.25, 0.3) is 0 Å². The molecule has 0 radical (unpaired) electrons. The van der Waals surface area contributed by atoms with Crippen LogP contribution in [0.4, 0.5) is 0 Å². The molecule has 0 bridgehead atoms. The Morgan fingerprint density at radius 1 is 1.44 bits per heavy atom. The molecule has 100 valence electrons. The standard InChI is InChI=1S/C12H18N4S.HI/c1-8(11-6-7-13-17-11)14-12-15-9-4-2-3-5-10(9)16-12;/h6-10H,2-5H2,1H3,(H2,14,15,16);1H/t8?,9-,10-;/m0./s1. The molecule has 1 fully saturated rings. The summed E-state index contributed by atoms with van der Waals surface area (Å²) in [6.07, 6.45) is 7.00. The van der Waals surface area contributed by atoms with Crippen molar-refractivity contribution in [1.29, 1.82) is 0 Å². The van der Waals surface area contributed by atoms with Gasteiger partial charge in [-0.15, -0.1) is 24.0 Å². The first-order chi connectivity index (χ1) is 8.33. The van der Waals surface area contributed by atoms with Crippen molar-refractivity contribution >= 4 is 41.5 Å². The minimum absolute atomic E-state index is 0. The zero-order valence-corrected chi connectivity index (χ0v) is 13.6. The van der Waals surface area contributed by atoms with Crippen molar-refractivity contribution in [2.24, 2.45) is 4.99 Å². The summed E-state index contributed by atoms with van der Waals surface area (Å²) in [5.41, 5.74) is 0. The third-order valence-electron chi connectivity index (χ3n) is 3.58. The van der Waals surface area contributed by atoms with Crippen LogP contribution in [0.2, 0.25) is 0 Å². The van der Waals surface area contributed by atoms with Crippen molar-refractivity contribution in [3.63, 3.8) is 0 Å². The summed E-state index contributed by atoms with van der Waals surface area (Å²) in [5, 5.41) is 6.96. The lowest BCUT2D eigenvalue weighted by Crippen LogP contribution is -2.42. The molecule has 0 aromatic carbocycles. The van der Waals surface area contributed by atoms with E-state index in [2.05, 4.69) is 28.0 Å². The third-order valence-corrected chi connectivity index (χ3v) is 4.51. The van der Waals surface area contributed by atoms with Crippen molar-refractivity contribution in [2.45, 2.75) is 50.7 Å². The lowest BCUT2D eigenvalue weighted by atomic mass is 9.92. The maximum Gasteiger partial charge on any atom is 0.192 e. The number of aliphatic imine (C=N–C) groups is 1. The Balaban J connectivity index is 0.00000120. The predicted molar refractivity (Wildman–Crippen MR) is 85.7 cm³/mol. The van der Waals surface area contributed by atoms with Gasteiger partial charge < -0.3 is 10.6 Å². The largest absolute Gasteiger partial charge is 0.351 e. The first-order valence-electron chi connectivity index (χ1n) is 6.34. The maximum absolute atomic E-state index is 4.74. The molecule has 2 heterocycles. The molecule has 1 aromatic rings. The van der Waals surface area contributed by atoms with Crippen LogP contribution in [-0.2, 0) is 0 Å². The van der Waals surface area contributed by atoms with E-state index in [9.17, 15) is 0 Å². The molecule has 1 aromatic heterocycles. The molecule has 2 N–H and O–H groups in total. The number of guanidine groups is 1. The molecule has 1 aliphatic carbocycles. The van der Waals surface area contributed by atoms with Crippen molar-refractivity contribution < 1.29 is 0 Å². The Labute approximate surface area is 129 Å². The molecule has 0 amide bonds. The van der Waals surface area contributed by atoms with Gasteiger partial charge in [-0.25, -0.2) is 9.37 Å². The van der Waals surface area contributed by atoms with Crippen LogP contribution in [0.25, 0.3) is 0 Å². The zero-order chi connectivity index (χ0) is 11.7. The molecule has 1 aliphatic heterocycles. The highest BCUT2D eigenvalue weighted by Crippen LogP contribution is 2.25. The summed E-state index contributed by atoms with van der Waals surface area (Å²) in [5.74, 6) is 0.975. The Hall–Kier alpha value is -0.370. The smallest absolute Gasteiger partial charge is 0.192 e. The molecular formula is C12H19IN4S. The molecule has 2 aliphatic rings. The fourth-order valence-electron chi connectivity index (χ4n) is 2.62. The van der Waals surface area contributed by atoms with Crippen molar-refractivity contribution in [2.75, 3.05) is 0 Å². The van der Waals surface area contributed by atoms with Gasteiger partial charge in [-0.3, -0.25) is 0 Å². The van der Waals surface area contributed by atoms with E-state index < -0.39 is 0 Å². The number of halogens is 1. The number of nitrogens with zero attached hydrogens (tertiary/aromatic N) is 2. The molecule has 0 saturated heterocycles. The monoisotopic (exact) mass is 378 g/mol. The van der Waals surface area contributed by atoms with E-state index in [0.29, 0.717) is 12.1 Å². The molecular weight excluding hydrogens is 359 g/mol. The minimum Gasteiger partial charge on any atom is -0.351 e. The normalized spacial score (nSPS) is 27.5. The van der Waals surface area contributed by atoms with Gasteiger partial charge >= 0.3 is 0 Å². The van der Waals surface area contributed by atoms with Crippen molar-refractivity contribution in [3.8, 4) is 0 Å². The quantitative estimate of drug-likeness (QED) is 0.779. The number of nitrogens with one attached hydrogen (secondary N) is 2. The van der Waals surface area contributed by atoms with Crippen LogP contribution in [0, 0.1) is 0 Å². The van der Waals surface area contributed by atoms with Crippen molar-refractivity contribution in [3.05, 3.63) is 17.1 Å². The van der Waals surface area contributed by atoms with Crippen LogP contribution in [0.15, 0.2) is 17.3 Å². The van der Waals surface area contributed by atoms with Crippen LogP contribution in [0.5, 0.6) is 0 Å². The van der Waals surface area contributed by atoms with Crippen LogP contribution in [0.1, 0.15) is 43.5 Å². The van der Waals surface area contributed by atoms with Crippen LogP contribution in [0.3, 0.4) is 0 Å². The van der Waals surface area contributed by atoms with E-state index in [4.69, 9.17) is 4.99 Å². The van der Waals surface area contributed by atoms with Gasteiger partial charge in [0.15, 0.2) is 5.96 Å². The molecule has 1 unspecified atom stereocenters. The second-order valence-corrected chi connectivity index (χ2v) is 5.73. The first-order valence-corrected chi connectivity index (χ1v) is 7.12. The van der Waals surface area contributed by atoms with Gasteiger partial charge in [0.05, 0.1) is 18.1 Å². The Morgan fingerprint density at radius 2 is 2.28 bits per heavy atom. The van der Waals surface area contributed by atoms with E-state index >= 15 is 0 Å². The van der Waals surface area contributed by atoms with Gasteiger partial charge in [0.1, 0.15) is 0 Å². The maximum atomic E-state index is 4.74. The molecule has 3 atom stereocenters. The van der Waals surface area contributed by atoms with Gasteiger partial charge in [-0.1, -0.05) is 12.8 Å². The first kappa shape index (κ1) is 14.0. The van der Waals surface area contributed by atoms with Gasteiger partial charge in [-0.2, -0.15) is 0 Å². The second-order valence-electron chi connectivity index (χ2n) is 4.86. The highest BCUT2D eigenvalue weighted by Gasteiger charge is 2.31. The fraction of sp³-hybridized carbons (Fsp3) is 0.667. The summed E-state index contributed by atoms with van der Waals surface area (Å²) in [4.78, 5) is 5.99. The van der Waals surface area contributed by atoms with E-state index in [1.165, 1.54) is 30.6 Å². The summed E-state index contributed by atoms with van der Waals surface area (Å²) >= 11 is 1.54. The molecule has 4 nitrogen and oxygen atoms in total. The van der Waals surface area contributed by atoms with Crippen LogP contribution in [-0.4, -0.2) is 22.4 Å². The topological polar surface area (TPSA) is 49.3 Å². The molecule has 18 heavy (non-hydrogen) atoms. The number of rotatable bonds is 2. The molecule has 3 rings (SSSR count). The summed E-state index contributed by atoms with van der Waals surface area (Å²) in [6.45, 7) is 2.15. The van der Waals surface area contributed by atoms with E-state index in [0.717, 1.165) is 5.96 Å². The van der Waals surface area contributed by atoms with E-state index in [1.807, 2.05) is 6.20 Å². The van der Waals surface area contributed by atoms with Crippen LogP contribution >= 0.6 is 35.5 Å². The fourth-order valence-corrected chi connectivity index (χ4v) is 3.20. The zero-order valence-electron chi connectivity index (χ0n) is 10.4. The summed E-state index contributed by atoms with van der Waals surface area (Å²) < 4.78 is 4.13. The minimum atomic E-state index is 0.